The number of rotatable bonds is 6. The lowest BCUT2D eigenvalue weighted by atomic mass is 9.95. The Hall–Kier alpha value is -3.16. The SMILES string of the molecule is C#CCOc1ccc(/C=c2\sc3n(c2=O)[C@@H](c2ccccc2)C(C(=O)OC)=C(CC)N=3)cc1I. The summed E-state index contributed by atoms with van der Waals surface area (Å²) in [6, 6.07) is 14.5. The van der Waals surface area contributed by atoms with Crippen LogP contribution < -0.4 is 19.6 Å². The molecule has 6 nitrogen and oxygen atoms in total. The molecular weight excluding hydrogens is 563 g/mol. The van der Waals surface area contributed by atoms with Gasteiger partial charge in [-0.25, -0.2) is 9.79 Å². The number of allylic oxidation sites excluding steroid dienone is 1. The molecule has 1 aromatic heterocycles. The number of thiazole rings is 1. The molecule has 0 bridgehead atoms. The molecule has 2 aromatic carbocycles. The molecule has 0 N–H and O–H groups in total. The fourth-order valence-corrected chi connectivity index (χ4v) is 5.52. The van der Waals surface area contributed by atoms with Crippen molar-refractivity contribution in [3.63, 3.8) is 0 Å². The average molecular weight is 584 g/mol. The molecule has 2 heterocycles. The minimum Gasteiger partial charge on any atom is -0.480 e. The number of esters is 1. The van der Waals surface area contributed by atoms with Crippen LogP contribution in [0.15, 0.2) is 69.6 Å². The lowest BCUT2D eigenvalue weighted by Gasteiger charge is -2.25. The van der Waals surface area contributed by atoms with Gasteiger partial charge in [0, 0.05) is 0 Å². The fraction of sp³-hybridized carbons (Fsp3) is 0.192. The summed E-state index contributed by atoms with van der Waals surface area (Å²) >= 11 is 3.48. The summed E-state index contributed by atoms with van der Waals surface area (Å²) in [4.78, 5) is 31.6. The normalized spacial score (nSPS) is 15.4. The number of methoxy groups -OCH3 is 1. The smallest absolute Gasteiger partial charge is 0.338 e. The summed E-state index contributed by atoms with van der Waals surface area (Å²) < 4.78 is 13.6. The fourth-order valence-electron chi connectivity index (χ4n) is 3.81. The van der Waals surface area contributed by atoms with Gasteiger partial charge in [-0.2, -0.15) is 0 Å². The second-order valence-electron chi connectivity index (χ2n) is 7.38. The van der Waals surface area contributed by atoms with Crippen molar-refractivity contribution in [1.82, 2.24) is 4.57 Å². The Kier molecular flexibility index (Phi) is 7.34. The maximum absolute atomic E-state index is 13.6. The molecule has 0 amide bonds. The largest absolute Gasteiger partial charge is 0.480 e. The first-order chi connectivity index (χ1) is 16.5. The van der Waals surface area contributed by atoms with E-state index in [1.165, 1.54) is 18.4 Å². The van der Waals surface area contributed by atoms with Gasteiger partial charge in [-0.15, -0.1) is 6.42 Å². The van der Waals surface area contributed by atoms with Crippen LogP contribution in [0.5, 0.6) is 5.75 Å². The Morgan fingerprint density at radius 3 is 2.71 bits per heavy atom. The Morgan fingerprint density at radius 2 is 2.06 bits per heavy atom. The van der Waals surface area contributed by atoms with E-state index in [0.717, 1.165) is 14.7 Å². The van der Waals surface area contributed by atoms with Gasteiger partial charge in [0.15, 0.2) is 4.80 Å². The number of terminal acetylenes is 1. The van der Waals surface area contributed by atoms with E-state index in [2.05, 4.69) is 33.5 Å². The van der Waals surface area contributed by atoms with Gasteiger partial charge in [0.2, 0.25) is 0 Å². The van der Waals surface area contributed by atoms with Crippen LogP contribution in [0.1, 0.15) is 30.5 Å². The monoisotopic (exact) mass is 584 g/mol. The van der Waals surface area contributed by atoms with Gasteiger partial charge in [-0.3, -0.25) is 9.36 Å². The first-order valence-electron chi connectivity index (χ1n) is 10.5. The highest BCUT2D eigenvalue weighted by Gasteiger charge is 2.33. The van der Waals surface area contributed by atoms with Gasteiger partial charge in [0.25, 0.3) is 5.56 Å². The van der Waals surface area contributed by atoms with Gasteiger partial charge in [0.1, 0.15) is 12.4 Å². The van der Waals surface area contributed by atoms with Gasteiger partial charge in [-0.1, -0.05) is 60.6 Å². The zero-order valence-corrected chi connectivity index (χ0v) is 21.6. The van der Waals surface area contributed by atoms with E-state index in [-0.39, 0.29) is 12.2 Å². The Morgan fingerprint density at radius 1 is 1.29 bits per heavy atom. The van der Waals surface area contributed by atoms with E-state index in [0.29, 0.717) is 32.8 Å². The molecule has 0 fully saturated rings. The molecular formula is C26H21IN2O4S. The second-order valence-corrected chi connectivity index (χ2v) is 9.55. The molecule has 0 aliphatic carbocycles. The summed E-state index contributed by atoms with van der Waals surface area (Å²) in [6.07, 6.45) is 7.64. The first-order valence-corrected chi connectivity index (χ1v) is 12.4. The van der Waals surface area contributed by atoms with Crippen molar-refractivity contribution < 1.29 is 14.3 Å². The number of hydrogen-bond acceptors (Lipinski definition) is 6. The Labute approximate surface area is 214 Å². The molecule has 0 saturated heterocycles. The maximum Gasteiger partial charge on any atom is 0.338 e. The first kappa shape index (κ1) is 24.0. The predicted octanol–water partition coefficient (Wildman–Crippen LogP) is 3.41. The molecule has 3 aromatic rings. The lowest BCUT2D eigenvalue weighted by molar-refractivity contribution is -0.136. The highest BCUT2D eigenvalue weighted by atomic mass is 127. The summed E-state index contributed by atoms with van der Waals surface area (Å²) in [6.45, 7) is 2.12. The third-order valence-electron chi connectivity index (χ3n) is 5.33. The summed E-state index contributed by atoms with van der Waals surface area (Å²) in [5, 5.41) is 0. The molecule has 34 heavy (non-hydrogen) atoms. The number of fused-ring (bicyclic) bond motifs is 1. The minimum absolute atomic E-state index is 0.190. The van der Waals surface area contributed by atoms with Gasteiger partial charge >= 0.3 is 5.97 Å². The van der Waals surface area contributed by atoms with Crippen molar-refractivity contribution in [2.24, 2.45) is 4.99 Å². The number of halogens is 1. The molecule has 8 heteroatoms. The van der Waals surface area contributed by atoms with Crippen molar-refractivity contribution in [2.75, 3.05) is 13.7 Å². The number of hydrogen-bond donors (Lipinski definition) is 0. The van der Waals surface area contributed by atoms with Crippen LogP contribution in [0.25, 0.3) is 6.08 Å². The van der Waals surface area contributed by atoms with Gasteiger partial charge in [0.05, 0.1) is 32.5 Å². The third kappa shape index (κ3) is 4.58. The predicted molar refractivity (Wildman–Crippen MR) is 140 cm³/mol. The quantitative estimate of drug-likeness (QED) is 0.253. The molecule has 0 unspecified atom stereocenters. The van der Waals surface area contributed by atoms with Crippen LogP contribution in [-0.2, 0) is 9.53 Å². The summed E-state index contributed by atoms with van der Waals surface area (Å²) in [7, 11) is 1.34. The van der Waals surface area contributed by atoms with Crippen LogP contribution in [0.4, 0.5) is 0 Å². The van der Waals surface area contributed by atoms with Crippen LogP contribution in [0, 0.1) is 15.9 Å². The minimum atomic E-state index is -0.610. The van der Waals surface area contributed by atoms with E-state index in [9.17, 15) is 9.59 Å². The molecule has 172 valence electrons. The number of ether oxygens (including phenoxy) is 2. The van der Waals surface area contributed by atoms with Gasteiger partial charge < -0.3 is 9.47 Å². The molecule has 4 rings (SSSR count). The van der Waals surface area contributed by atoms with E-state index in [4.69, 9.17) is 15.9 Å². The average Bonchev–Trinajstić information content (AvgIpc) is 3.16. The summed E-state index contributed by atoms with van der Waals surface area (Å²) in [5.41, 5.74) is 2.47. The van der Waals surface area contributed by atoms with Crippen LogP contribution in [0.2, 0.25) is 0 Å². The van der Waals surface area contributed by atoms with Crippen molar-refractivity contribution in [3.8, 4) is 18.1 Å². The van der Waals surface area contributed by atoms with E-state index in [1.54, 1.807) is 4.57 Å². The number of nitrogens with zero attached hydrogens (tertiary/aromatic N) is 2. The number of carbonyl (C=O) groups excluding carboxylic acids is 1. The highest BCUT2D eigenvalue weighted by molar-refractivity contribution is 14.1. The second kappa shape index (κ2) is 10.4. The van der Waals surface area contributed by atoms with Crippen LogP contribution in [-0.4, -0.2) is 24.3 Å². The van der Waals surface area contributed by atoms with E-state index < -0.39 is 12.0 Å². The van der Waals surface area contributed by atoms with Crippen LogP contribution in [0.3, 0.4) is 0 Å². The zero-order valence-electron chi connectivity index (χ0n) is 18.6. The van der Waals surface area contributed by atoms with E-state index in [1.807, 2.05) is 61.5 Å². The topological polar surface area (TPSA) is 69.9 Å². The Bertz CT molecular complexity index is 1500. The standard InChI is InChI=1S/C26H21IN2O4S/c1-4-13-33-20-12-11-16(14-18(20)27)15-21-24(30)29-23(17-9-7-6-8-10-17)22(25(31)32-3)19(5-2)28-26(29)34-21/h1,6-12,14-15,23H,5,13H2,2-3H3/b21-15-/t23-/m0/s1. The molecule has 0 spiro atoms. The molecule has 1 atom stereocenters. The zero-order chi connectivity index (χ0) is 24.2. The van der Waals surface area contributed by atoms with E-state index >= 15 is 0 Å². The highest BCUT2D eigenvalue weighted by Crippen LogP contribution is 2.31. The number of carbonyl (C=O) groups is 1. The summed E-state index contributed by atoms with van der Waals surface area (Å²) in [5.74, 6) is 2.66. The third-order valence-corrected chi connectivity index (χ3v) is 7.16. The molecule has 0 radical (unpaired) electrons. The van der Waals surface area contributed by atoms with Crippen molar-refractivity contribution in [1.29, 1.82) is 0 Å². The van der Waals surface area contributed by atoms with Crippen molar-refractivity contribution in [2.45, 2.75) is 19.4 Å². The maximum atomic E-state index is 13.6. The van der Waals surface area contributed by atoms with Crippen LogP contribution >= 0.6 is 33.9 Å². The van der Waals surface area contributed by atoms with Gasteiger partial charge in [-0.05, 0) is 58.3 Å². The molecule has 0 saturated carbocycles. The molecule has 1 aliphatic rings. The number of aromatic nitrogens is 1. The van der Waals surface area contributed by atoms with Crippen molar-refractivity contribution >= 4 is 46.0 Å². The Balaban J connectivity index is 1.89. The van der Waals surface area contributed by atoms with Crippen molar-refractivity contribution in [3.05, 3.63) is 94.2 Å². The number of benzene rings is 2. The lowest BCUT2D eigenvalue weighted by Crippen LogP contribution is -2.40. The molecule has 1 aliphatic heterocycles.